The lowest BCUT2D eigenvalue weighted by atomic mass is 9.87. The summed E-state index contributed by atoms with van der Waals surface area (Å²) in [5.41, 5.74) is 1.61. The van der Waals surface area contributed by atoms with Crippen molar-refractivity contribution >= 4 is 57.8 Å². The average Bonchev–Trinajstić information content (AvgIpc) is 3.58. The van der Waals surface area contributed by atoms with Crippen molar-refractivity contribution in [2.45, 2.75) is 48.9 Å². The van der Waals surface area contributed by atoms with Crippen LogP contribution in [0, 0.1) is 12.8 Å². The molecule has 3 atom stereocenters. The van der Waals surface area contributed by atoms with Crippen molar-refractivity contribution in [3.63, 3.8) is 0 Å². The summed E-state index contributed by atoms with van der Waals surface area (Å²) in [6, 6.07) is 11.3. The maximum absolute atomic E-state index is 13.8. The maximum Gasteiger partial charge on any atom is 0.308 e. The number of benzene rings is 1. The van der Waals surface area contributed by atoms with Gasteiger partial charge in [0.1, 0.15) is 11.8 Å². The first-order valence-corrected chi connectivity index (χ1v) is 14.7. The predicted molar refractivity (Wildman–Crippen MR) is 142 cm³/mol. The van der Waals surface area contributed by atoms with E-state index in [1.807, 2.05) is 41.5 Å². The van der Waals surface area contributed by atoms with Crippen molar-refractivity contribution in [2.24, 2.45) is 5.92 Å². The van der Waals surface area contributed by atoms with E-state index in [1.54, 1.807) is 12.1 Å². The lowest BCUT2D eigenvalue weighted by molar-refractivity contribution is -0.133. The number of nitrogens with zero attached hydrogens (tertiary/aromatic N) is 3. The molecule has 3 aromatic rings. The number of rotatable bonds is 4. The molecule has 1 aromatic carbocycles. The van der Waals surface area contributed by atoms with Crippen LogP contribution < -0.4 is 9.77 Å². The highest BCUT2D eigenvalue weighted by Gasteiger charge is 2.57. The van der Waals surface area contributed by atoms with Crippen molar-refractivity contribution in [1.82, 2.24) is 9.47 Å². The normalized spacial score (nSPS) is 23.6. The fourth-order valence-electron chi connectivity index (χ4n) is 5.36. The number of anilines is 1. The monoisotopic (exact) mass is 539 g/mol. The minimum absolute atomic E-state index is 0.0317. The number of carbonyl (C=O) groups excluding carboxylic acids is 3. The number of hydrogen-bond acceptors (Lipinski definition) is 7. The second kappa shape index (κ2) is 9.32. The molecule has 3 amide bonds. The third kappa shape index (κ3) is 3.86. The fraction of sp³-hybridized carbons (Fsp3) is 0.385. The summed E-state index contributed by atoms with van der Waals surface area (Å²) >= 11 is 3.90. The number of imide groups is 1. The van der Waals surface area contributed by atoms with E-state index in [1.165, 1.54) is 32.6 Å². The molecular formula is C26H25N3O4S3. The van der Waals surface area contributed by atoms with Crippen molar-refractivity contribution in [3.05, 3.63) is 66.8 Å². The lowest BCUT2D eigenvalue weighted by Gasteiger charge is -2.30. The first-order chi connectivity index (χ1) is 17.4. The van der Waals surface area contributed by atoms with Crippen LogP contribution >= 0.6 is 34.4 Å². The van der Waals surface area contributed by atoms with E-state index in [9.17, 15) is 19.2 Å². The Balaban J connectivity index is 1.41. The smallest absolute Gasteiger partial charge is 0.308 e. The fourth-order valence-corrected chi connectivity index (χ4v) is 9.08. The van der Waals surface area contributed by atoms with Gasteiger partial charge in [0, 0.05) is 28.8 Å². The topological polar surface area (TPSA) is 79.7 Å². The van der Waals surface area contributed by atoms with Crippen LogP contribution in [0.3, 0.4) is 0 Å². The van der Waals surface area contributed by atoms with Crippen LogP contribution in [0.15, 0.2) is 51.6 Å². The summed E-state index contributed by atoms with van der Waals surface area (Å²) in [5, 5.41) is 1.95. The standard InChI is InChI=1S/C26H25N3O4S3/c1-15-7-9-16(10-8-15)29-23(31)20-19(17-6-5-13-34-17)22-25(35-21(20)24(29)32)28(26(33)36-22)14-18(30)27-11-3-2-4-12-27/h5-10,13,19-21H,2-4,11-12,14H2,1H3/t19-,20-,21+/m0/s1. The lowest BCUT2D eigenvalue weighted by Crippen LogP contribution is -2.39. The molecule has 36 heavy (non-hydrogen) atoms. The second-order valence-electron chi connectivity index (χ2n) is 9.47. The highest BCUT2D eigenvalue weighted by Crippen LogP contribution is 2.54. The Morgan fingerprint density at radius 1 is 1.00 bits per heavy atom. The van der Waals surface area contributed by atoms with Crippen LogP contribution in [0.25, 0.3) is 0 Å². The largest absolute Gasteiger partial charge is 0.341 e. The zero-order valence-corrected chi connectivity index (χ0v) is 22.2. The molecule has 0 bridgehead atoms. The molecule has 0 unspecified atom stereocenters. The van der Waals surface area contributed by atoms with Gasteiger partial charge < -0.3 is 4.90 Å². The number of thiophene rings is 1. The third-order valence-electron chi connectivity index (χ3n) is 7.19. The Morgan fingerprint density at radius 2 is 1.75 bits per heavy atom. The molecule has 186 valence electrons. The Hall–Kier alpha value is -2.69. The molecule has 2 fully saturated rings. The molecule has 2 aromatic heterocycles. The van der Waals surface area contributed by atoms with Crippen LogP contribution in [0.1, 0.15) is 40.5 Å². The van der Waals surface area contributed by atoms with Crippen LogP contribution in [-0.2, 0) is 20.9 Å². The molecule has 3 aliphatic heterocycles. The average molecular weight is 540 g/mol. The highest BCUT2D eigenvalue weighted by molar-refractivity contribution is 8.00. The second-order valence-corrected chi connectivity index (χ2v) is 12.6. The quantitative estimate of drug-likeness (QED) is 0.467. The van der Waals surface area contributed by atoms with Crippen LogP contribution in [-0.4, -0.2) is 45.5 Å². The van der Waals surface area contributed by atoms with E-state index in [4.69, 9.17) is 0 Å². The van der Waals surface area contributed by atoms with Gasteiger partial charge in [-0.15, -0.1) is 11.3 Å². The molecule has 6 rings (SSSR count). The van der Waals surface area contributed by atoms with Crippen molar-refractivity contribution in [1.29, 1.82) is 0 Å². The van der Waals surface area contributed by atoms with E-state index in [0.29, 0.717) is 23.8 Å². The third-order valence-corrected chi connectivity index (χ3v) is 10.8. The zero-order chi connectivity index (χ0) is 25.0. The Labute approximate surface area is 220 Å². The summed E-state index contributed by atoms with van der Waals surface area (Å²) in [6.07, 6.45) is 3.08. The molecule has 3 aliphatic rings. The molecule has 0 N–H and O–H groups in total. The van der Waals surface area contributed by atoms with Gasteiger partial charge in [0.25, 0.3) is 0 Å². The van der Waals surface area contributed by atoms with E-state index in [2.05, 4.69) is 0 Å². The number of carbonyl (C=O) groups is 3. The van der Waals surface area contributed by atoms with Crippen LogP contribution in [0.2, 0.25) is 0 Å². The molecule has 0 aliphatic carbocycles. The molecule has 0 saturated carbocycles. The van der Waals surface area contributed by atoms with E-state index >= 15 is 0 Å². The van der Waals surface area contributed by atoms with Gasteiger partial charge in [-0.3, -0.25) is 23.7 Å². The minimum atomic E-state index is -0.649. The van der Waals surface area contributed by atoms with Gasteiger partial charge in [-0.05, 0) is 49.8 Å². The van der Waals surface area contributed by atoms with Gasteiger partial charge in [0.05, 0.1) is 16.6 Å². The van der Waals surface area contributed by atoms with Crippen LogP contribution in [0.5, 0.6) is 0 Å². The first kappa shape index (κ1) is 23.7. The van der Waals surface area contributed by atoms with E-state index < -0.39 is 11.2 Å². The summed E-state index contributed by atoms with van der Waals surface area (Å²) in [7, 11) is 0. The Morgan fingerprint density at radius 3 is 2.44 bits per heavy atom. The van der Waals surface area contributed by atoms with E-state index in [0.717, 1.165) is 45.9 Å². The number of aromatic nitrogens is 1. The van der Waals surface area contributed by atoms with Crippen molar-refractivity contribution in [3.8, 4) is 0 Å². The number of hydrogen-bond donors (Lipinski definition) is 0. The summed E-state index contributed by atoms with van der Waals surface area (Å²) in [5.74, 6) is -1.55. The number of thiazole rings is 1. The van der Waals surface area contributed by atoms with Gasteiger partial charge in [-0.1, -0.05) is 46.9 Å². The SMILES string of the molecule is Cc1ccc(N2C(=O)[C@H]3[C@H](c4cccs4)c4sc(=O)n(CC(=O)N5CCCCC5)c4S[C@H]3C2=O)cc1. The number of amides is 3. The van der Waals surface area contributed by atoms with Crippen molar-refractivity contribution < 1.29 is 14.4 Å². The van der Waals surface area contributed by atoms with Gasteiger partial charge in [0.15, 0.2) is 0 Å². The molecule has 7 nitrogen and oxygen atoms in total. The molecule has 10 heteroatoms. The van der Waals surface area contributed by atoms with Crippen molar-refractivity contribution in [2.75, 3.05) is 18.0 Å². The number of aryl methyl sites for hydroxylation is 1. The molecule has 5 heterocycles. The maximum atomic E-state index is 13.8. The number of piperidine rings is 1. The zero-order valence-electron chi connectivity index (χ0n) is 19.7. The molecule has 0 radical (unpaired) electrons. The van der Waals surface area contributed by atoms with Gasteiger partial charge >= 0.3 is 4.87 Å². The predicted octanol–water partition coefficient (Wildman–Crippen LogP) is 4.09. The van der Waals surface area contributed by atoms with Crippen LogP contribution in [0.4, 0.5) is 5.69 Å². The Bertz CT molecular complexity index is 1390. The van der Waals surface area contributed by atoms with E-state index in [-0.39, 0.29) is 35.1 Å². The number of likely N-dealkylation sites (tertiary alicyclic amines) is 1. The number of fused-ring (bicyclic) bond motifs is 2. The summed E-state index contributed by atoms with van der Waals surface area (Å²) in [6.45, 7) is 3.36. The summed E-state index contributed by atoms with van der Waals surface area (Å²) in [4.78, 5) is 58.3. The molecular weight excluding hydrogens is 515 g/mol. The highest BCUT2D eigenvalue weighted by atomic mass is 32.2. The molecule has 0 spiro atoms. The first-order valence-electron chi connectivity index (χ1n) is 12.1. The van der Waals surface area contributed by atoms with Gasteiger partial charge in [-0.25, -0.2) is 4.90 Å². The number of thioether (sulfide) groups is 1. The summed E-state index contributed by atoms with van der Waals surface area (Å²) < 4.78 is 1.53. The molecule has 2 saturated heterocycles. The Kier molecular flexibility index (Phi) is 6.13. The van der Waals surface area contributed by atoms with Gasteiger partial charge in [-0.2, -0.15) is 0 Å². The van der Waals surface area contributed by atoms with Gasteiger partial charge in [0.2, 0.25) is 17.7 Å². The minimum Gasteiger partial charge on any atom is -0.341 e.